The van der Waals surface area contributed by atoms with Gasteiger partial charge in [0.2, 0.25) is 0 Å². The predicted molar refractivity (Wildman–Crippen MR) is 88.0 cm³/mol. The molecule has 7 heteroatoms. The number of amides is 1. The van der Waals surface area contributed by atoms with Gasteiger partial charge in [-0.3, -0.25) is 4.79 Å². The van der Waals surface area contributed by atoms with Gasteiger partial charge < -0.3 is 15.2 Å². The summed E-state index contributed by atoms with van der Waals surface area (Å²) in [5.41, 5.74) is 1.89. The minimum Gasteiger partial charge on any atom is -0.508 e. The average Bonchev–Trinajstić information content (AvgIpc) is 3.07. The number of ether oxygens (including phenoxy) is 1. The van der Waals surface area contributed by atoms with Crippen LogP contribution in [0.2, 0.25) is 0 Å². The molecule has 6 nitrogen and oxygen atoms in total. The van der Waals surface area contributed by atoms with Crippen molar-refractivity contribution in [3.63, 3.8) is 0 Å². The van der Waals surface area contributed by atoms with E-state index >= 15 is 0 Å². The molecule has 2 aromatic carbocycles. The third-order valence-electron chi connectivity index (χ3n) is 3.18. The van der Waals surface area contributed by atoms with Gasteiger partial charge in [0.1, 0.15) is 22.1 Å². The summed E-state index contributed by atoms with van der Waals surface area (Å²) in [5.74, 6) is 0.574. The lowest BCUT2D eigenvalue weighted by molar-refractivity contribution is 0.103. The number of nitrogens with zero attached hydrogens (tertiary/aromatic N) is 2. The van der Waals surface area contributed by atoms with E-state index in [1.807, 2.05) is 12.1 Å². The lowest BCUT2D eigenvalue weighted by atomic mass is 10.1. The molecule has 23 heavy (non-hydrogen) atoms. The highest BCUT2D eigenvalue weighted by atomic mass is 32.1. The predicted octanol–water partition coefficient (Wildman–Crippen LogP) is 3.17. The molecule has 0 radical (unpaired) electrons. The summed E-state index contributed by atoms with van der Waals surface area (Å²) in [5, 5.41) is 16.1. The number of anilines is 1. The highest BCUT2D eigenvalue weighted by molar-refractivity contribution is 7.08. The number of phenols is 1. The van der Waals surface area contributed by atoms with Gasteiger partial charge in [0.15, 0.2) is 0 Å². The first-order chi connectivity index (χ1) is 11.2. The molecule has 0 unspecified atom stereocenters. The highest BCUT2D eigenvalue weighted by Crippen LogP contribution is 2.26. The van der Waals surface area contributed by atoms with Crippen molar-refractivity contribution in [2.75, 3.05) is 12.4 Å². The number of hydrogen-bond acceptors (Lipinski definition) is 6. The molecule has 3 aromatic rings. The molecule has 116 valence electrons. The van der Waals surface area contributed by atoms with E-state index in [1.54, 1.807) is 31.4 Å². The van der Waals surface area contributed by atoms with Crippen LogP contribution in [0.5, 0.6) is 11.5 Å². The van der Waals surface area contributed by atoms with Crippen molar-refractivity contribution >= 4 is 23.1 Å². The number of rotatable bonds is 4. The molecular weight excluding hydrogens is 314 g/mol. The molecular formula is C16H13N3O3S. The largest absolute Gasteiger partial charge is 0.508 e. The van der Waals surface area contributed by atoms with Crippen molar-refractivity contribution in [3.05, 3.63) is 53.4 Å². The molecule has 0 aliphatic rings. The van der Waals surface area contributed by atoms with E-state index in [-0.39, 0.29) is 11.7 Å². The second-order valence-electron chi connectivity index (χ2n) is 4.68. The molecule has 0 saturated carbocycles. The van der Waals surface area contributed by atoms with E-state index in [0.717, 1.165) is 22.8 Å². The molecule has 2 N–H and O–H groups in total. The van der Waals surface area contributed by atoms with Gasteiger partial charge in [-0.25, -0.2) is 0 Å². The van der Waals surface area contributed by atoms with Gasteiger partial charge >= 0.3 is 0 Å². The van der Waals surface area contributed by atoms with Crippen molar-refractivity contribution in [2.45, 2.75) is 0 Å². The standard InChI is InChI=1S/C16H13N3O3S/c1-22-13-8-2-10(3-9-13)14-15(23-19-18-14)16(21)17-11-4-6-12(20)7-5-11/h2-9,20H,1H3,(H,17,21). The number of benzene rings is 2. The second kappa shape index (κ2) is 6.45. The summed E-state index contributed by atoms with van der Waals surface area (Å²) >= 11 is 1.03. The smallest absolute Gasteiger partial charge is 0.269 e. The van der Waals surface area contributed by atoms with Crippen LogP contribution in [0, 0.1) is 0 Å². The van der Waals surface area contributed by atoms with Gasteiger partial charge in [-0.1, -0.05) is 4.49 Å². The molecule has 1 amide bonds. The van der Waals surface area contributed by atoms with Gasteiger partial charge in [-0.05, 0) is 60.1 Å². The van der Waals surface area contributed by atoms with Crippen LogP contribution < -0.4 is 10.1 Å². The summed E-state index contributed by atoms with van der Waals surface area (Å²) in [6, 6.07) is 13.5. The van der Waals surface area contributed by atoms with Gasteiger partial charge in [0.25, 0.3) is 5.91 Å². The minimum absolute atomic E-state index is 0.140. The molecule has 0 atom stereocenters. The molecule has 0 aliphatic carbocycles. The summed E-state index contributed by atoms with van der Waals surface area (Å²) in [7, 11) is 1.59. The number of phenolic OH excluding ortho intramolecular Hbond substituents is 1. The number of nitrogens with one attached hydrogen (secondary N) is 1. The van der Waals surface area contributed by atoms with E-state index in [4.69, 9.17) is 4.74 Å². The maximum Gasteiger partial charge on any atom is 0.269 e. The molecule has 1 heterocycles. The number of hydrogen-bond donors (Lipinski definition) is 2. The summed E-state index contributed by atoms with van der Waals surface area (Å²) in [6.45, 7) is 0. The maximum atomic E-state index is 12.4. The Morgan fingerprint density at radius 2 is 1.83 bits per heavy atom. The van der Waals surface area contributed by atoms with Gasteiger partial charge in [0.05, 0.1) is 7.11 Å². The van der Waals surface area contributed by atoms with Crippen LogP contribution in [0.3, 0.4) is 0 Å². The molecule has 0 spiro atoms. The van der Waals surface area contributed by atoms with E-state index in [0.29, 0.717) is 16.3 Å². The summed E-state index contributed by atoms with van der Waals surface area (Å²) < 4.78 is 9.00. The molecule has 0 saturated heterocycles. The van der Waals surface area contributed by atoms with Crippen molar-refractivity contribution in [2.24, 2.45) is 0 Å². The van der Waals surface area contributed by atoms with Crippen LogP contribution in [-0.2, 0) is 0 Å². The van der Waals surface area contributed by atoms with Crippen LogP contribution in [-0.4, -0.2) is 27.7 Å². The van der Waals surface area contributed by atoms with Crippen molar-refractivity contribution in [1.82, 2.24) is 9.59 Å². The molecule has 3 rings (SSSR count). The Morgan fingerprint density at radius 3 is 2.48 bits per heavy atom. The van der Waals surface area contributed by atoms with Crippen LogP contribution in [0.1, 0.15) is 9.67 Å². The quantitative estimate of drug-likeness (QED) is 0.719. The van der Waals surface area contributed by atoms with Crippen LogP contribution in [0.15, 0.2) is 48.5 Å². The lowest BCUT2D eigenvalue weighted by Gasteiger charge is -2.05. The van der Waals surface area contributed by atoms with E-state index in [9.17, 15) is 9.90 Å². The number of carbonyl (C=O) groups excluding carboxylic acids is 1. The average molecular weight is 327 g/mol. The topological polar surface area (TPSA) is 84.3 Å². The molecule has 0 aliphatic heterocycles. The van der Waals surface area contributed by atoms with Crippen molar-refractivity contribution < 1.29 is 14.6 Å². The van der Waals surface area contributed by atoms with Crippen LogP contribution in [0.25, 0.3) is 11.3 Å². The Labute approximate surface area is 136 Å². The third-order valence-corrected chi connectivity index (χ3v) is 3.91. The lowest BCUT2D eigenvalue weighted by Crippen LogP contribution is -2.11. The minimum atomic E-state index is -0.295. The summed E-state index contributed by atoms with van der Waals surface area (Å²) in [6.07, 6.45) is 0. The number of carbonyl (C=O) groups is 1. The molecule has 0 fully saturated rings. The fourth-order valence-corrected chi connectivity index (χ4v) is 2.59. The normalized spacial score (nSPS) is 10.3. The first-order valence-corrected chi connectivity index (χ1v) is 7.52. The van der Waals surface area contributed by atoms with E-state index in [2.05, 4.69) is 14.9 Å². The van der Waals surface area contributed by atoms with Gasteiger partial charge in [-0.15, -0.1) is 5.10 Å². The highest BCUT2D eigenvalue weighted by Gasteiger charge is 2.18. The van der Waals surface area contributed by atoms with E-state index < -0.39 is 0 Å². The SMILES string of the molecule is COc1ccc(-c2nnsc2C(=O)Nc2ccc(O)cc2)cc1. The Bertz CT molecular complexity index is 813. The molecule has 1 aromatic heterocycles. The van der Waals surface area contributed by atoms with E-state index in [1.165, 1.54) is 12.1 Å². The second-order valence-corrected chi connectivity index (χ2v) is 5.43. The monoisotopic (exact) mass is 327 g/mol. The van der Waals surface area contributed by atoms with Crippen molar-refractivity contribution in [1.29, 1.82) is 0 Å². The first kappa shape index (κ1) is 15.0. The zero-order chi connectivity index (χ0) is 16.2. The number of aromatic hydroxyl groups is 1. The van der Waals surface area contributed by atoms with Crippen LogP contribution >= 0.6 is 11.5 Å². The van der Waals surface area contributed by atoms with Gasteiger partial charge in [-0.2, -0.15) is 0 Å². The summed E-state index contributed by atoms with van der Waals surface area (Å²) in [4.78, 5) is 12.8. The third kappa shape index (κ3) is 3.29. The Morgan fingerprint density at radius 1 is 1.13 bits per heavy atom. The Hall–Kier alpha value is -2.93. The zero-order valence-corrected chi connectivity index (χ0v) is 13.0. The Kier molecular flexibility index (Phi) is 4.20. The zero-order valence-electron chi connectivity index (χ0n) is 12.2. The Balaban J connectivity index is 1.84. The molecule has 0 bridgehead atoms. The van der Waals surface area contributed by atoms with Crippen molar-refractivity contribution in [3.8, 4) is 22.8 Å². The first-order valence-electron chi connectivity index (χ1n) is 6.74. The number of aromatic nitrogens is 2. The fourth-order valence-electron chi connectivity index (χ4n) is 2.01. The fraction of sp³-hybridized carbons (Fsp3) is 0.0625. The van der Waals surface area contributed by atoms with Gasteiger partial charge in [0, 0.05) is 11.3 Å². The maximum absolute atomic E-state index is 12.4. The van der Waals surface area contributed by atoms with Crippen LogP contribution in [0.4, 0.5) is 5.69 Å². The number of methoxy groups -OCH3 is 1.